The van der Waals surface area contributed by atoms with Crippen LogP contribution in [0.5, 0.6) is 11.5 Å². The molecule has 30 heavy (non-hydrogen) atoms. The second-order valence-electron chi connectivity index (χ2n) is 8.01. The molecule has 2 heterocycles. The average molecular weight is 410 g/mol. The molecule has 0 saturated carbocycles. The maximum absolute atomic E-state index is 6.14. The fourth-order valence-corrected chi connectivity index (χ4v) is 3.84. The Kier molecular flexibility index (Phi) is 6.74. The number of rotatable bonds is 7. The van der Waals surface area contributed by atoms with E-state index in [-0.39, 0.29) is 6.10 Å². The van der Waals surface area contributed by atoms with Crippen molar-refractivity contribution >= 4 is 5.96 Å². The van der Waals surface area contributed by atoms with Gasteiger partial charge in [0.1, 0.15) is 17.6 Å². The molecule has 0 spiro atoms. The Morgan fingerprint density at radius 2 is 2.10 bits per heavy atom. The lowest BCUT2D eigenvalue weighted by molar-refractivity contribution is 0.166. The molecule has 0 radical (unpaired) electrons. The molecule has 2 atom stereocenters. The Morgan fingerprint density at radius 1 is 1.20 bits per heavy atom. The predicted octanol–water partition coefficient (Wildman–Crippen LogP) is 3.08. The van der Waals surface area contributed by atoms with Crippen molar-refractivity contribution in [2.24, 2.45) is 10.9 Å². The minimum absolute atomic E-state index is 0.118. The normalized spacial score (nSPS) is 20.5. The van der Waals surface area contributed by atoms with Crippen LogP contribution in [-0.2, 0) is 17.7 Å². The molecule has 160 valence electrons. The lowest BCUT2D eigenvalue weighted by atomic mass is 10.1. The molecule has 0 aromatic heterocycles. The summed E-state index contributed by atoms with van der Waals surface area (Å²) in [6.45, 7) is 5.76. The first-order chi connectivity index (χ1) is 14.7. The van der Waals surface area contributed by atoms with E-state index < -0.39 is 0 Å². The van der Waals surface area contributed by atoms with Crippen LogP contribution < -0.4 is 20.1 Å². The number of nitrogens with zero attached hydrogens (tertiary/aromatic N) is 1. The van der Waals surface area contributed by atoms with E-state index in [1.165, 1.54) is 11.1 Å². The van der Waals surface area contributed by atoms with Crippen LogP contribution >= 0.6 is 0 Å². The number of guanidine groups is 1. The topological polar surface area (TPSA) is 64.1 Å². The van der Waals surface area contributed by atoms with E-state index in [2.05, 4.69) is 52.9 Å². The number of aliphatic imine (C=N–C) groups is 1. The zero-order chi connectivity index (χ0) is 20.8. The minimum Gasteiger partial charge on any atom is -0.493 e. The highest BCUT2D eigenvalue weighted by molar-refractivity contribution is 5.79. The van der Waals surface area contributed by atoms with Crippen molar-refractivity contribution in [1.29, 1.82) is 0 Å². The van der Waals surface area contributed by atoms with Crippen molar-refractivity contribution in [2.45, 2.75) is 32.4 Å². The van der Waals surface area contributed by atoms with E-state index in [1.54, 1.807) is 7.05 Å². The number of hydrogen-bond acceptors (Lipinski definition) is 4. The van der Waals surface area contributed by atoms with Gasteiger partial charge in [-0.1, -0.05) is 30.3 Å². The number of fused-ring (bicyclic) bond motifs is 1. The van der Waals surface area contributed by atoms with E-state index in [0.717, 1.165) is 49.1 Å². The second kappa shape index (κ2) is 9.85. The maximum Gasteiger partial charge on any atom is 0.191 e. The Morgan fingerprint density at radius 3 is 2.90 bits per heavy atom. The molecular formula is C24H31N3O3. The Bertz CT molecular complexity index is 853. The van der Waals surface area contributed by atoms with E-state index in [4.69, 9.17) is 14.2 Å². The Balaban J connectivity index is 1.28. The Hall–Kier alpha value is -2.73. The average Bonchev–Trinajstić information content (AvgIpc) is 3.42. The van der Waals surface area contributed by atoms with Crippen molar-refractivity contribution in [1.82, 2.24) is 10.6 Å². The van der Waals surface area contributed by atoms with Gasteiger partial charge in [0.25, 0.3) is 0 Å². The second-order valence-corrected chi connectivity index (χ2v) is 8.01. The minimum atomic E-state index is 0.118. The highest BCUT2D eigenvalue weighted by Crippen LogP contribution is 2.27. The van der Waals surface area contributed by atoms with Crippen molar-refractivity contribution < 1.29 is 14.2 Å². The largest absolute Gasteiger partial charge is 0.493 e. The lowest BCUT2D eigenvalue weighted by Gasteiger charge is -2.18. The quantitative estimate of drug-likeness (QED) is 0.544. The predicted molar refractivity (Wildman–Crippen MR) is 118 cm³/mol. The van der Waals surface area contributed by atoms with E-state index in [9.17, 15) is 0 Å². The summed E-state index contributed by atoms with van der Waals surface area (Å²) < 4.78 is 17.6. The van der Waals surface area contributed by atoms with Crippen molar-refractivity contribution in [3.8, 4) is 11.5 Å². The molecule has 0 amide bonds. The van der Waals surface area contributed by atoms with Crippen LogP contribution in [0.4, 0.5) is 0 Å². The summed E-state index contributed by atoms with van der Waals surface area (Å²) in [5, 5.41) is 6.78. The number of ether oxygens (including phenoxy) is 3. The first-order valence-electron chi connectivity index (χ1n) is 10.7. The molecular weight excluding hydrogens is 378 g/mol. The highest BCUT2D eigenvalue weighted by atomic mass is 16.5. The molecule has 1 fully saturated rings. The van der Waals surface area contributed by atoms with Crippen LogP contribution in [-0.4, -0.2) is 45.5 Å². The summed E-state index contributed by atoms with van der Waals surface area (Å²) in [5.74, 6) is 3.15. The molecule has 2 aliphatic rings. The lowest BCUT2D eigenvalue weighted by Crippen LogP contribution is -2.42. The maximum atomic E-state index is 6.14. The summed E-state index contributed by atoms with van der Waals surface area (Å²) in [4.78, 5) is 4.35. The molecule has 1 saturated heterocycles. The van der Waals surface area contributed by atoms with Crippen LogP contribution in [0.3, 0.4) is 0 Å². The molecule has 2 N–H and O–H groups in total. The van der Waals surface area contributed by atoms with E-state index in [1.807, 2.05) is 12.1 Å². The van der Waals surface area contributed by atoms with Gasteiger partial charge in [-0.25, -0.2) is 0 Å². The summed E-state index contributed by atoms with van der Waals surface area (Å²) in [5.41, 5.74) is 3.57. The molecule has 4 rings (SSSR count). The summed E-state index contributed by atoms with van der Waals surface area (Å²) in [7, 11) is 1.78. The molecule has 0 aliphatic carbocycles. The number of para-hydroxylation sites is 1. The van der Waals surface area contributed by atoms with Gasteiger partial charge in [-0.3, -0.25) is 4.99 Å². The summed E-state index contributed by atoms with van der Waals surface area (Å²) in [6, 6.07) is 14.6. The first kappa shape index (κ1) is 20.5. The standard InChI is InChI=1S/C24H31N3O3/c1-17-7-8-20(23(11-17)29-16-18-9-10-28-15-18)13-26-24(25-2)27-14-21-12-19-5-3-4-6-22(19)30-21/h3-8,11,18,21H,9-10,12-16H2,1-2H3,(H2,25,26,27). The molecule has 2 unspecified atom stereocenters. The van der Waals surface area contributed by atoms with Gasteiger partial charge in [0.05, 0.1) is 19.8 Å². The Labute approximate surface area is 178 Å². The third kappa shape index (κ3) is 5.25. The number of aryl methyl sites for hydroxylation is 1. The van der Waals surface area contributed by atoms with Crippen molar-refractivity contribution in [3.63, 3.8) is 0 Å². The van der Waals surface area contributed by atoms with Crippen LogP contribution in [0, 0.1) is 12.8 Å². The summed E-state index contributed by atoms with van der Waals surface area (Å²) >= 11 is 0. The fraction of sp³-hybridized carbons (Fsp3) is 0.458. The van der Waals surface area contributed by atoms with Gasteiger partial charge in [0.15, 0.2) is 5.96 Å². The molecule has 2 aliphatic heterocycles. The molecule has 2 aromatic rings. The monoisotopic (exact) mass is 409 g/mol. The van der Waals surface area contributed by atoms with Crippen LogP contribution in [0.15, 0.2) is 47.5 Å². The van der Waals surface area contributed by atoms with Gasteiger partial charge < -0.3 is 24.8 Å². The van der Waals surface area contributed by atoms with Gasteiger partial charge in [0.2, 0.25) is 0 Å². The summed E-state index contributed by atoms with van der Waals surface area (Å²) in [6.07, 6.45) is 2.11. The van der Waals surface area contributed by atoms with Crippen molar-refractivity contribution in [3.05, 3.63) is 59.2 Å². The first-order valence-corrected chi connectivity index (χ1v) is 10.7. The number of benzene rings is 2. The fourth-order valence-electron chi connectivity index (χ4n) is 3.84. The van der Waals surface area contributed by atoms with Gasteiger partial charge in [-0.05, 0) is 36.6 Å². The van der Waals surface area contributed by atoms with Crippen LogP contribution in [0.2, 0.25) is 0 Å². The van der Waals surface area contributed by atoms with Gasteiger partial charge in [-0.15, -0.1) is 0 Å². The number of hydrogen-bond donors (Lipinski definition) is 2. The zero-order valence-corrected chi connectivity index (χ0v) is 17.8. The molecule has 2 aromatic carbocycles. The molecule has 6 heteroatoms. The third-order valence-corrected chi connectivity index (χ3v) is 5.60. The van der Waals surface area contributed by atoms with E-state index in [0.29, 0.717) is 25.6 Å². The van der Waals surface area contributed by atoms with Gasteiger partial charge in [0, 0.05) is 38.1 Å². The van der Waals surface area contributed by atoms with Gasteiger partial charge in [-0.2, -0.15) is 0 Å². The molecule has 6 nitrogen and oxygen atoms in total. The van der Waals surface area contributed by atoms with Gasteiger partial charge >= 0.3 is 0 Å². The van der Waals surface area contributed by atoms with E-state index >= 15 is 0 Å². The number of nitrogens with one attached hydrogen (secondary N) is 2. The third-order valence-electron chi connectivity index (χ3n) is 5.60. The molecule has 0 bridgehead atoms. The smallest absolute Gasteiger partial charge is 0.191 e. The van der Waals surface area contributed by atoms with Crippen LogP contribution in [0.25, 0.3) is 0 Å². The van der Waals surface area contributed by atoms with Crippen LogP contribution in [0.1, 0.15) is 23.1 Å². The van der Waals surface area contributed by atoms with Crippen molar-refractivity contribution in [2.75, 3.05) is 33.4 Å². The zero-order valence-electron chi connectivity index (χ0n) is 17.8. The highest BCUT2D eigenvalue weighted by Gasteiger charge is 2.22. The SMILES string of the molecule is CN=C(NCc1ccc(C)cc1OCC1CCOC1)NCC1Cc2ccccc2O1.